The van der Waals surface area contributed by atoms with Gasteiger partial charge < -0.3 is 24.5 Å². The van der Waals surface area contributed by atoms with Crippen LogP contribution in [0.15, 0.2) is 71.3 Å². The van der Waals surface area contributed by atoms with Gasteiger partial charge in [0, 0.05) is 27.9 Å². The van der Waals surface area contributed by atoms with Gasteiger partial charge in [0.1, 0.15) is 18.8 Å². The van der Waals surface area contributed by atoms with Crippen LogP contribution in [0.1, 0.15) is 26.3 Å². The van der Waals surface area contributed by atoms with Gasteiger partial charge in [-0.15, -0.1) is 0 Å². The summed E-state index contributed by atoms with van der Waals surface area (Å²) in [6, 6.07) is 17.5. The fourth-order valence-corrected chi connectivity index (χ4v) is 3.52. The molecule has 2 amide bonds. The number of anilines is 2. The largest absolute Gasteiger partial charge is 0.486 e. The zero-order valence-corrected chi connectivity index (χ0v) is 17.3. The zero-order chi connectivity index (χ0) is 22.1. The number of rotatable bonds is 4. The summed E-state index contributed by atoms with van der Waals surface area (Å²) >= 11 is 0. The van der Waals surface area contributed by atoms with Crippen molar-refractivity contribution in [3.63, 3.8) is 0 Å². The molecule has 5 rings (SSSR count). The van der Waals surface area contributed by atoms with E-state index in [-0.39, 0.29) is 11.8 Å². The van der Waals surface area contributed by atoms with Crippen molar-refractivity contribution in [1.29, 1.82) is 0 Å². The summed E-state index contributed by atoms with van der Waals surface area (Å²) in [4.78, 5) is 25.5. The lowest BCUT2D eigenvalue weighted by molar-refractivity contribution is 0.101. The molecule has 0 saturated carbocycles. The highest BCUT2D eigenvalue weighted by Crippen LogP contribution is 2.31. The minimum absolute atomic E-state index is 0.244. The van der Waals surface area contributed by atoms with Crippen LogP contribution >= 0.6 is 0 Å². The standard InChI is InChI=1S/C25H20N2O5/c1-15-2-5-19(26-24(28)18-4-7-22-23(13-18)32-11-10-31-22)14-20(15)27-25(29)17-3-6-21-16(12-17)8-9-30-21/h2-9,12-14H,10-11H2,1H3,(H,26,28)(H,27,29). The van der Waals surface area contributed by atoms with Gasteiger partial charge in [0.15, 0.2) is 11.5 Å². The summed E-state index contributed by atoms with van der Waals surface area (Å²) in [5.74, 6) is 0.650. The van der Waals surface area contributed by atoms with E-state index in [0.717, 1.165) is 16.5 Å². The fourth-order valence-electron chi connectivity index (χ4n) is 3.52. The maximum Gasteiger partial charge on any atom is 0.255 e. The molecule has 3 aromatic carbocycles. The summed E-state index contributed by atoms with van der Waals surface area (Å²) in [5, 5.41) is 6.64. The van der Waals surface area contributed by atoms with Gasteiger partial charge in [-0.05, 0) is 67.1 Å². The van der Waals surface area contributed by atoms with Gasteiger partial charge in [-0.1, -0.05) is 6.07 Å². The van der Waals surface area contributed by atoms with Crippen molar-refractivity contribution in [3.05, 3.63) is 83.6 Å². The van der Waals surface area contributed by atoms with Gasteiger partial charge >= 0.3 is 0 Å². The molecule has 0 aliphatic carbocycles. The number of hydrogen-bond acceptors (Lipinski definition) is 5. The van der Waals surface area contributed by atoms with E-state index in [1.54, 1.807) is 54.8 Å². The van der Waals surface area contributed by atoms with Crippen LogP contribution in [0.25, 0.3) is 11.0 Å². The molecule has 0 radical (unpaired) electrons. The predicted octanol–water partition coefficient (Wildman–Crippen LogP) is 5.02. The van der Waals surface area contributed by atoms with Crippen molar-refractivity contribution in [1.82, 2.24) is 0 Å². The third-order valence-corrected chi connectivity index (χ3v) is 5.26. The average Bonchev–Trinajstić information content (AvgIpc) is 3.29. The molecule has 2 heterocycles. The Labute approximate surface area is 183 Å². The Balaban J connectivity index is 1.33. The molecule has 0 saturated heterocycles. The summed E-state index contributed by atoms with van der Waals surface area (Å²) in [6.45, 7) is 2.83. The molecule has 0 atom stereocenters. The van der Waals surface area contributed by atoms with E-state index in [2.05, 4.69) is 10.6 Å². The summed E-state index contributed by atoms with van der Waals surface area (Å²) < 4.78 is 16.4. The number of fused-ring (bicyclic) bond motifs is 2. The minimum atomic E-state index is -0.284. The van der Waals surface area contributed by atoms with E-state index in [9.17, 15) is 9.59 Å². The lowest BCUT2D eigenvalue weighted by Crippen LogP contribution is -2.17. The molecule has 0 unspecified atom stereocenters. The highest BCUT2D eigenvalue weighted by atomic mass is 16.6. The Morgan fingerprint density at radius 2 is 1.53 bits per heavy atom. The summed E-state index contributed by atoms with van der Waals surface area (Å²) in [6.07, 6.45) is 1.59. The summed E-state index contributed by atoms with van der Waals surface area (Å²) in [7, 11) is 0. The minimum Gasteiger partial charge on any atom is -0.486 e. The summed E-state index contributed by atoms with van der Waals surface area (Å²) in [5.41, 5.74) is 3.75. The maximum atomic E-state index is 12.8. The van der Waals surface area contributed by atoms with Crippen LogP contribution in [0.4, 0.5) is 11.4 Å². The molecule has 4 aromatic rings. The number of aryl methyl sites for hydroxylation is 1. The van der Waals surface area contributed by atoms with E-state index in [4.69, 9.17) is 13.9 Å². The van der Waals surface area contributed by atoms with Crippen molar-refractivity contribution in [2.45, 2.75) is 6.92 Å². The molecule has 7 heteroatoms. The number of ether oxygens (including phenoxy) is 2. The predicted molar refractivity (Wildman–Crippen MR) is 121 cm³/mol. The number of amides is 2. The number of nitrogens with one attached hydrogen (secondary N) is 2. The highest BCUT2D eigenvalue weighted by Gasteiger charge is 2.16. The molecule has 1 aliphatic heterocycles. The molecule has 160 valence electrons. The van der Waals surface area contributed by atoms with Gasteiger partial charge in [-0.2, -0.15) is 0 Å². The van der Waals surface area contributed by atoms with E-state index >= 15 is 0 Å². The molecular formula is C25H20N2O5. The lowest BCUT2D eigenvalue weighted by Gasteiger charge is -2.18. The van der Waals surface area contributed by atoms with E-state index < -0.39 is 0 Å². The van der Waals surface area contributed by atoms with Crippen molar-refractivity contribution < 1.29 is 23.5 Å². The van der Waals surface area contributed by atoms with Crippen LogP contribution in [0.2, 0.25) is 0 Å². The first kappa shape index (κ1) is 19.7. The van der Waals surface area contributed by atoms with E-state index in [1.165, 1.54) is 0 Å². The quantitative estimate of drug-likeness (QED) is 0.477. The normalized spacial score (nSPS) is 12.4. The first-order valence-corrected chi connectivity index (χ1v) is 10.2. The van der Waals surface area contributed by atoms with Crippen LogP contribution < -0.4 is 20.1 Å². The second-order valence-corrected chi connectivity index (χ2v) is 7.47. The van der Waals surface area contributed by atoms with Crippen LogP contribution in [0, 0.1) is 6.92 Å². The number of carbonyl (C=O) groups is 2. The molecular weight excluding hydrogens is 408 g/mol. The zero-order valence-electron chi connectivity index (χ0n) is 17.3. The fraction of sp³-hybridized carbons (Fsp3) is 0.120. The SMILES string of the molecule is Cc1ccc(NC(=O)c2ccc3c(c2)OCCO3)cc1NC(=O)c1ccc2occc2c1. The monoisotopic (exact) mass is 428 g/mol. The second-order valence-electron chi connectivity index (χ2n) is 7.47. The second kappa shape index (κ2) is 8.11. The number of benzene rings is 3. The molecule has 0 spiro atoms. The Bertz CT molecular complexity index is 1340. The van der Waals surface area contributed by atoms with Gasteiger partial charge in [-0.3, -0.25) is 9.59 Å². The Morgan fingerprint density at radius 1 is 0.781 bits per heavy atom. The van der Waals surface area contributed by atoms with Gasteiger partial charge in [0.25, 0.3) is 11.8 Å². The number of furan rings is 1. The topological polar surface area (TPSA) is 89.8 Å². The maximum absolute atomic E-state index is 12.8. The molecule has 7 nitrogen and oxygen atoms in total. The molecule has 1 aliphatic rings. The number of hydrogen-bond donors (Lipinski definition) is 2. The molecule has 0 fully saturated rings. The van der Waals surface area contributed by atoms with E-state index in [1.807, 2.05) is 19.1 Å². The third kappa shape index (κ3) is 3.88. The van der Waals surface area contributed by atoms with Crippen LogP contribution in [0.5, 0.6) is 11.5 Å². The van der Waals surface area contributed by atoms with Crippen molar-refractivity contribution in [2.75, 3.05) is 23.8 Å². The lowest BCUT2D eigenvalue weighted by atomic mass is 10.1. The molecule has 32 heavy (non-hydrogen) atoms. The average molecular weight is 428 g/mol. The van der Waals surface area contributed by atoms with Crippen LogP contribution in [-0.4, -0.2) is 25.0 Å². The Morgan fingerprint density at radius 3 is 2.41 bits per heavy atom. The molecule has 1 aromatic heterocycles. The Hall–Kier alpha value is -4.26. The van der Waals surface area contributed by atoms with Crippen LogP contribution in [0.3, 0.4) is 0 Å². The first-order valence-electron chi connectivity index (χ1n) is 10.2. The third-order valence-electron chi connectivity index (χ3n) is 5.26. The van der Waals surface area contributed by atoms with Crippen LogP contribution in [-0.2, 0) is 0 Å². The smallest absolute Gasteiger partial charge is 0.255 e. The highest BCUT2D eigenvalue weighted by molar-refractivity contribution is 6.08. The van der Waals surface area contributed by atoms with Gasteiger partial charge in [0.05, 0.1) is 6.26 Å². The molecule has 0 bridgehead atoms. The van der Waals surface area contributed by atoms with Crippen molar-refractivity contribution in [2.24, 2.45) is 0 Å². The molecule has 2 N–H and O–H groups in total. The Kier molecular flexibility index (Phi) is 4.99. The van der Waals surface area contributed by atoms with Gasteiger partial charge in [0.2, 0.25) is 0 Å². The number of carbonyl (C=O) groups excluding carboxylic acids is 2. The first-order chi connectivity index (χ1) is 15.6. The van der Waals surface area contributed by atoms with E-state index in [0.29, 0.717) is 47.2 Å². The van der Waals surface area contributed by atoms with Crippen molar-refractivity contribution in [3.8, 4) is 11.5 Å². The van der Waals surface area contributed by atoms with Crippen molar-refractivity contribution >= 4 is 34.2 Å². The van der Waals surface area contributed by atoms with Gasteiger partial charge in [-0.25, -0.2) is 0 Å².